The van der Waals surface area contributed by atoms with Gasteiger partial charge in [0, 0.05) is 18.4 Å². The Morgan fingerprint density at radius 2 is 1.61 bits per heavy atom. The van der Waals surface area contributed by atoms with Gasteiger partial charge in [-0.25, -0.2) is 0 Å². The lowest BCUT2D eigenvalue weighted by Crippen LogP contribution is -2.34. The van der Waals surface area contributed by atoms with Crippen molar-refractivity contribution in [2.45, 2.75) is 19.9 Å². The summed E-state index contributed by atoms with van der Waals surface area (Å²) in [7, 11) is 1.60. The lowest BCUT2D eigenvalue weighted by Gasteiger charge is -2.24. The number of hydrogen-bond donors (Lipinski definition) is 1. The standard InChI is InChI=1S/C19H21NO3/c1-13(19(22)16-7-5-4-6-8-16)18(20-14(2)21)15-9-11-17(23-3)12-10-15/h4-13,18H,1-3H3,(H,20,21). The highest BCUT2D eigenvalue weighted by molar-refractivity contribution is 5.98. The minimum absolute atomic E-state index is 0.000156. The molecule has 0 spiro atoms. The molecule has 2 atom stereocenters. The van der Waals surface area contributed by atoms with E-state index in [-0.39, 0.29) is 23.7 Å². The molecule has 0 aromatic heterocycles. The summed E-state index contributed by atoms with van der Waals surface area (Å²) in [5.74, 6) is 0.186. The first-order valence-electron chi connectivity index (χ1n) is 7.53. The van der Waals surface area contributed by atoms with Crippen molar-refractivity contribution in [3.05, 3.63) is 65.7 Å². The quantitative estimate of drug-likeness (QED) is 0.832. The van der Waals surface area contributed by atoms with E-state index in [0.29, 0.717) is 5.56 Å². The zero-order chi connectivity index (χ0) is 16.8. The second kappa shape index (κ2) is 7.58. The SMILES string of the molecule is COc1ccc(C(NC(C)=O)C(C)C(=O)c2ccccc2)cc1. The Bertz CT molecular complexity index is 665. The molecule has 0 saturated heterocycles. The first-order valence-corrected chi connectivity index (χ1v) is 7.53. The number of amides is 1. The first-order chi connectivity index (χ1) is 11.0. The molecule has 0 fully saturated rings. The van der Waals surface area contributed by atoms with Gasteiger partial charge in [0.25, 0.3) is 0 Å². The molecule has 0 aliphatic rings. The number of benzene rings is 2. The zero-order valence-electron chi connectivity index (χ0n) is 13.6. The van der Waals surface area contributed by atoms with Crippen molar-refractivity contribution in [3.8, 4) is 5.75 Å². The molecule has 0 heterocycles. The summed E-state index contributed by atoms with van der Waals surface area (Å²) in [5, 5.41) is 2.88. The normalized spacial score (nSPS) is 13.0. The summed E-state index contributed by atoms with van der Waals surface area (Å²) < 4.78 is 5.15. The van der Waals surface area contributed by atoms with Gasteiger partial charge in [0.1, 0.15) is 5.75 Å². The van der Waals surface area contributed by atoms with Crippen molar-refractivity contribution in [2.24, 2.45) is 5.92 Å². The average Bonchev–Trinajstić information content (AvgIpc) is 2.59. The fourth-order valence-corrected chi connectivity index (χ4v) is 2.54. The number of ether oxygens (including phenoxy) is 1. The lowest BCUT2D eigenvalue weighted by molar-refractivity contribution is -0.119. The van der Waals surface area contributed by atoms with E-state index in [4.69, 9.17) is 4.74 Å². The number of Topliss-reactive ketones (excluding diaryl/α,β-unsaturated/α-hetero) is 1. The predicted molar refractivity (Wildman–Crippen MR) is 89.5 cm³/mol. The van der Waals surface area contributed by atoms with E-state index < -0.39 is 0 Å². The Morgan fingerprint density at radius 3 is 2.13 bits per heavy atom. The predicted octanol–water partition coefficient (Wildman–Crippen LogP) is 3.39. The maximum absolute atomic E-state index is 12.7. The van der Waals surface area contributed by atoms with Gasteiger partial charge < -0.3 is 10.1 Å². The number of carbonyl (C=O) groups excluding carboxylic acids is 2. The van der Waals surface area contributed by atoms with Crippen LogP contribution in [0.15, 0.2) is 54.6 Å². The van der Waals surface area contributed by atoms with Crippen LogP contribution >= 0.6 is 0 Å². The Balaban J connectivity index is 2.29. The molecule has 2 aromatic carbocycles. The van der Waals surface area contributed by atoms with E-state index in [1.165, 1.54) is 6.92 Å². The molecular formula is C19H21NO3. The number of carbonyl (C=O) groups is 2. The van der Waals surface area contributed by atoms with Crippen LogP contribution in [0.3, 0.4) is 0 Å². The highest BCUT2D eigenvalue weighted by Crippen LogP contribution is 2.27. The van der Waals surface area contributed by atoms with Gasteiger partial charge >= 0.3 is 0 Å². The fourth-order valence-electron chi connectivity index (χ4n) is 2.54. The van der Waals surface area contributed by atoms with Crippen LogP contribution in [0.25, 0.3) is 0 Å². The van der Waals surface area contributed by atoms with E-state index >= 15 is 0 Å². The highest BCUT2D eigenvalue weighted by atomic mass is 16.5. The van der Waals surface area contributed by atoms with Gasteiger partial charge in [0.15, 0.2) is 5.78 Å². The topological polar surface area (TPSA) is 55.4 Å². The Morgan fingerprint density at radius 1 is 1.00 bits per heavy atom. The molecule has 0 saturated carbocycles. The fraction of sp³-hybridized carbons (Fsp3) is 0.263. The number of hydrogen-bond acceptors (Lipinski definition) is 3. The third-order valence-electron chi connectivity index (χ3n) is 3.81. The van der Waals surface area contributed by atoms with Crippen LogP contribution in [0, 0.1) is 5.92 Å². The molecule has 4 heteroatoms. The van der Waals surface area contributed by atoms with Crippen molar-refractivity contribution in [2.75, 3.05) is 7.11 Å². The lowest BCUT2D eigenvalue weighted by atomic mass is 9.88. The van der Waals surface area contributed by atoms with Crippen molar-refractivity contribution in [1.29, 1.82) is 0 Å². The molecule has 2 rings (SSSR count). The third kappa shape index (κ3) is 4.19. The molecule has 120 valence electrons. The van der Waals surface area contributed by atoms with Gasteiger partial charge in [0.05, 0.1) is 13.2 Å². The summed E-state index contributed by atoms with van der Waals surface area (Å²) >= 11 is 0. The summed E-state index contributed by atoms with van der Waals surface area (Å²) in [5.41, 5.74) is 1.52. The van der Waals surface area contributed by atoms with E-state index in [9.17, 15) is 9.59 Å². The monoisotopic (exact) mass is 311 g/mol. The summed E-state index contributed by atoms with van der Waals surface area (Å²) in [6, 6.07) is 16.1. The Labute approximate surface area is 136 Å². The maximum atomic E-state index is 12.7. The van der Waals surface area contributed by atoms with Gasteiger partial charge in [-0.05, 0) is 17.7 Å². The smallest absolute Gasteiger partial charge is 0.217 e. The van der Waals surface area contributed by atoms with E-state index in [0.717, 1.165) is 11.3 Å². The third-order valence-corrected chi connectivity index (χ3v) is 3.81. The molecule has 0 aliphatic carbocycles. The number of rotatable bonds is 6. The second-order valence-electron chi connectivity index (χ2n) is 5.47. The van der Waals surface area contributed by atoms with Gasteiger partial charge in [0.2, 0.25) is 5.91 Å². The molecule has 0 aliphatic heterocycles. The summed E-state index contributed by atoms with van der Waals surface area (Å²) in [4.78, 5) is 24.3. The molecule has 23 heavy (non-hydrogen) atoms. The molecule has 0 bridgehead atoms. The molecule has 1 amide bonds. The number of ketones is 1. The van der Waals surface area contributed by atoms with Gasteiger partial charge in [-0.2, -0.15) is 0 Å². The van der Waals surface area contributed by atoms with Crippen LogP contribution in [-0.2, 0) is 4.79 Å². The number of nitrogens with one attached hydrogen (secondary N) is 1. The molecule has 4 nitrogen and oxygen atoms in total. The van der Waals surface area contributed by atoms with E-state index in [2.05, 4.69) is 5.32 Å². The van der Waals surface area contributed by atoms with Crippen LogP contribution in [0.2, 0.25) is 0 Å². The van der Waals surface area contributed by atoms with E-state index in [1.54, 1.807) is 19.2 Å². The molecule has 0 radical (unpaired) electrons. The maximum Gasteiger partial charge on any atom is 0.217 e. The van der Waals surface area contributed by atoms with Gasteiger partial charge in [-0.1, -0.05) is 49.4 Å². The zero-order valence-corrected chi connectivity index (χ0v) is 13.6. The van der Waals surface area contributed by atoms with Gasteiger partial charge in [-0.15, -0.1) is 0 Å². The highest BCUT2D eigenvalue weighted by Gasteiger charge is 2.27. The minimum atomic E-state index is -0.383. The average molecular weight is 311 g/mol. The summed E-state index contributed by atoms with van der Waals surface area (Å²) in [6.07, 6.45) is 0. The van der Waals surface area contributed by atoms with Crippen molar-refractivity contribution in [3.63, 3.8) is 0 Å². The van der Waals surface area contributed by atoms with Crippen LogP contribution < -0.4 is 10.1 Å². The van der Waals surface area contributed by atoms with Crippen LogP contribution in [0.5, 0.6) is 5.75 Å². The second-order valence-corrected chi connectivity index (χ2v) is 5.47. The van der Waals surface area contributed by atoms with Crippen LogP contribution in [-0.4, -0.2) is 18.8 Å². The van der Waals surface area contributed by atoms with Gasteiger partial charge in [-0.3, -0.25) is 9.59 Å². The Hall–Kier alpha value is -2.62. The van der Waals surface area contributed by atoms with Crippen LogP contribution in [0.1, 0.15) is 35.8 Å². The molecule has 1 N–H and O–H groups in total. The molecule has 2 unspecified atom stereocenters. The minimum Gasteiger partial charge on any atom is -0.497 e. The van der Waals surface area contributed by atoms with Crippen molar-refractivity contribution in [1.82, 2.24) is 5.32 Å². The first kappa shape index (κ1) is 16.7. The van der Waals surface area contributed by atoms with Crippen molar-refractivity contribution < 1.29 is 14.3 Å². The molecule has 2 aromatic rings. The molecular weight excluding hydrogens is 290 g/mol. The summed E-state index contributed by atoms with van der Waals surface area (Å²) in [6.45, 7) is 3.29. The van der Waals surface area contributed by atoms with Crippen molar-refractivity contribution >= 4 is 11.7 Å². The largest absolute Gasteiger partial charge is 0.497 e. The van der Waals surface area contributed by atoms with E-state index in [1.807, 2.05) is 49.4 Å². The number of methoxy groups -OCH3 is 1. The Kier molecular flexibility index (Phi) is 5.52. The van der Waals surface area contributed by atoms with Crippen LogP contribution in [0.4, 0.5) is 0 Å².